The van der Waals surface area contributed by atoms with Gasteiger partial charge in [-0.15, -0.1) is 0 Å². The summed E-state index contributed by atoms with van der Waals surface area (Å²) in [6.07, 6.45) is 4.53. The Morgan fingerprint density at radius 2 is 0.875 bits per heavy atom. The van der Waals surface area contributed by atoms with Crippen LogP contribution in [0.25, 0.3) is 89.4 Å². The van der Waals surface area contributed by atoms with Crippen LogP contribution in [0.1, 0.15) is 41.7 Å². The molecule has 1 aliphatic rings. The van der Waals surface area contributed by atoms with E-state index in [0.29, 0.717) is 0 Å². The Morgan fingerprint density at radius 3 is 1.57 bits per heavy atom. The minimum absolute atomic E-state index is 0.131. The predicted octanol–water partition coefficient (Wildman–Crippen LogP) is 14.3. The van der Waals surface area contributed by atoms with Crippen LogP contribution in [0.4, 0.5) is 0 Å². The Kier molecular flexibility index (Phi) is 7.15. The summed E-state index contributed by atoms with van der Waals surface area (Å²) >= 11 is 0. The normalized spacial score (nSPS) is 13.3. The monoisotopic (exact) mass is 716 g/mol. The van der Waals surface area contributed by atoms with E-state index in [1.165, 1.54) is 105 Å². The van der Waals surface area contributed by atoms with Crippen LogP contribution in [0.2, 0.25) is 0 Å². The van der Waals surface area contributed by atoms with Gasteiger partial charge in [0.25, 0.3) is 0 Å². The number of nitrogens with zero attached hydrogens (tertiary/aromatic N) is 2. The van der Waals surface area contributed by atoms with E-state index in [4.69, 9.17) is 0 Å². The van der Waals surface area contributed by atoms with Gasteiger partial charge in [-0.05, 0) is 118 Å². The van der Waals surface area contributed by atoms with Gasteiger partial charge in [-0.1, -0.05) is 141 Å². The molecule has 0 spiro atoms. The standard InChI is InChI=1S/C54H40N2/c1-35-17-25-41(26-18-35)56-51-16-10-8-14-45(51)47-33-38(24-30-53(47)56)39-23-28-43-42-27-21-37(32-48(42)54(2,3)49(43)34-39)20-19-36-22-29-52-46(31-36)44-13-7-9-15-50(44)55(52)40-11-5-4-6-12-40/h4-34H,1-3H3. The van der Waals surface area contributed by atoms with Crippen molar-refractivity contribution in [3.63, 3.8) is 0 Å². The number of benzene rings is 8. The molecule has 10 aromatic rings. The zero-order chi connectivity index (χ0) is 37.5. The zero-order valence-corrected chi connectivity index (χ0v) is 31.8. The number of aromatic nitrogens is 2. The van der Waals surface area contributed by atoms with Crippen molar-refractivity contribution in [1.82, 2.24) is 9.13 Å². The number of aryl methyl sites for hydroxylation is 1. The highest BCUT2D eigenvalue weighted by Crippen LogP contribution is 2.50. The molecule has 2 aromatic heterocycles. The molecule has 2 heteroatoms. The minimum Gasteiger partial charge on any atom is -0.309 e. The van der Waals surface area contributed by atoms with E-state index in [1.54, 1.807) is 0 Å². The van der Waals surface area contributed by atoms with Crippen molar-refractivity contribution >= 4 is 55.8 Å². The summed E-state index contributed by atoms with van der Waals surface area (Å²) in [5.41, 5.74) is 18.7. The molecule has 0 saturated carbocycles. The molecule has 2 heterocycles. The van der Waals surface area contributed by atoms with E-state index in [9.17, 15) is 0 Å². The summed E-state index contributed by atoms with van der Waals surface area (Å²) in [6.45, 7) is 6.90. The molecule has 0 radical (unpaired) electrons. The minimum atomic E-state index is -0.131. The van der Waals surface area contributed by atoms with Crippen LogP contribution >= 0.6 is 0 Å². The van der Waals surface area contributed by atoms with Crippen molar-refractivity contribution in [2.75, 3.05) is 0 Å². The van der Waals surface area contributed by atoms with Gasteiger partial charge in [0.1, 0.15) is 0 Å². The third kappa shape index (κ3) is 4.96. The maximum Gasteiger partial charge on any atom is 0.0541 e. The van der Waals surface area contributed by atoms with E-state index in [1.807, 2.05) is 0 Å². The van der Waals surface area contributed by atoms with Gasteiger partial charge in [0, 0.05) is 38.3 Å². The molecule has 0 unspecified atom stereocenters. The first-order valence-electron chi connectivity index (χ1n) is 19.6. The number of hydrogen-bond donors (Lipinski definition) is 0. The van der Waals surface area contributed by atoms with Crippen LogP contribution < -0.4 is 0 Å². The maximum absolute atomic E-state index is 2.44. The molecule has 1 aliphatic carbocycles. The topological polar surface area (TPSA) is 9.86 Å². The molecule has 0 amide bonds. The van der Waals surface area contributed by atoms with Gasteiger partial charge in [0.15, 0.2) is 0 Å². The summed E-state index contributed by atoms with van der Waals surface area (Å²) in [4.78, 5) is 0. The van der Waals surface area contributed by atoms with E-state index >= 15 is 0 Å². The molecule has 11 rings (SSSR count). The first-order valence-corrected chi connectivity index (χ1v) is 19.6. The van der Waals surface area contributed by atoms with Crippen LogP contribution in [0.3, 0.4) is 0 Å². The van der Waals surface area contributed by atoms with Crippen LogP contribution in [0.15, 0.2) is 176 Å². The average molecular weight is 717 g/mol. The quantitative estimate of drug-likeness (QED) is 0.157. The molecule has 8 aromatic carbocycles. The molecule has 0 atom stereocenters. The average Bonchev–Trinajstić information content (AvgIpc) is 3.83. The fourth-order valence-corrected chi connectivity index (χ4v) is 9.30. The summed E-state index contributed by atoms with van der Waals surface area (Å²) in [5, 5.41) is 5.09. The molecule has 0 fully saturated rings. The second kappa shape index (κ2) is 12.3. The first kappa shape index (κ1) is 32.5. The molecule has 0 bridgehead atoms. The Morgan fingerprint density at radius 1 is 0.393 bits per heavy atom. The van der Waals surface area contributed by atoms with Crippen LogP contribution in [-0.2, 0) is 5.41 Å². The molecular weight excluding hydrogens is 677 g/mol. The van der Waals surface area contributed by atoms with Gasteiger partial charge < -0.3 is 9.13 Å². The number of para-hydroxylation sites is 3. The van der Waals surface area contributed by atoms with Crippen molar-refractivity contribution < 1.29 is 0 Å². The van der Waals surface area contributed by atoms with Crippen molar-refractivity contribution in [1.29, 1.82) is 0 Å². The molecule has 2 nitrogen and oxygen atoms in total. The van der Waals surface area contributed by atoms with Gasteiger partial charge in [-0.3, -0.25) is 0 Å². The largest absolute Gasteiger partial charge is 0.309 e. The fraction of sp³-hybridized carbons (Fsp3) is 0.0741. The lowest BCUT2D eigenvalue weighted by Crippen LogP contribution is -2.15. The Bertz CT molecular complexity index is 3210. The highest BCUT2D eigenvalue weighted by Gasteiger charge is 2.35. The van der Waals surface area contributed by atoms with Crippen molar-refractivity contribution in [3.8, 4) is 33.6 Å². The highest BCUT2D eigenvalue weighted by atomic mass is 15.0. The number of hydrogen-bond acceptors (Lipinski definition) is 0. The van der Waals surface area contributed by atoms with Gasteiger partial charge >= 0.3 is 0 Å². The fourth-order valence-electron chi connectivity index (χ4n) is 9.30. The Labute approximate surface area is 327 Å². The van der Waals surface area contributed by atoms with Crippen molar-refractivity contribution in [3.05, 3.63) is 204 Å². The molecule has 56 heavy (non-hydrogen) atoms. The van der Waals surface area contributed by atoms with E-state index < -0.39 is 0 Å². The van der Waals surface area contributed by atoms with E-state index in [-0.39, 0.29) is 5.41 Å². The summed E-state index contributed by atoms with van der Waals surface area (Å²) in [6, 6.07) is 64.9. The summed E-state index contributed by atoms with van der Waals surface area (Å²) in [7, 11) is 0. The van der Waals surface area contributed by atoms with Crippen molar-refractivity contribution in [2.45, 2.75) is 26.2 Å². The van der Waals surface area contributed by atoms with E-state index in [0.717, 1.165) is 0 Å². The van der Waals surface area contributed by atoms with Gasteiger partial charge in [0.05, 0.1) is 22.1 Å². The SMILES string of the molecule is Cc1ccc(-n2c3ccccc3c3cc(-c4ccc5c(c4)C(C)(C)c4cc(C=Cc6ccc7c(c6)c6ccccc6n7-c6ccccc6)ccc4-5)ccc32)cc1. The third-order valence-corrected chi connectivity index (χ3v) is 12.2. The number of rotatable bonds is 5. The lowest BCUT2D eigenvalue weighted by atomic mass is 9.81. The lowest BCUT2D eigenvalue weighted by molar-refractivity contribution is 0.660. The summed E-state index contributed by atoms with van der Waals surface area (Å²) in [5.74, 6) is 0. The first-order chi connectivity index (χ1) is 27.4. The molecular formula is C54H40N2. The van der Waals surface area contributed by atoms with Crippen LogP contribution in [0.5, 0.6) is 0 Å². The summed E-state index contributed by atoms with van der Waals surface area (Å²) < 4.78 is 4.76. The molecule has 266 valence electrons. The molecule has 0 saturated heterocycles. The van der Waals surface area contributed by atoms with Gasteiger partial charge in [-0.2, -0.15) is 0 Å². The lowest BCUT2D eigenvalue weighted by Gasteiger charge is -2.22. The Hall–Kier alpha value is -6.90. The van der Waals surface area contributed by atoms with E-state index in [2.05, 4.69) is 218 Å². The van der Waals surface area contributed by atoms with Crippen LogP contribution in [-0.4, -0.2) is 9.13 Å². The van der Waals surface area contributed by atoms with Gasteiger partial charge in [0.2, 0.25) is 0 Å². The maximum atomic E-state index is 2.44. The zero-order valence-electron chi connectivity index (χ0n) is 31.8. The van der Waals surface area contributed by atoms with Gasteiger partial charge in [-0.25, -0.2) is 0 Å². The number of fused-ring (bicyclic) bond motifs is 9. The Balaban J connectivity index is 0.931. The molecule has 0 N–H and O–H groups in total. The second-order valence-corrected chi connectivity index (χ2v) is 15.9. The van der Waals surface area contributed by atoms with Crippen molar-refractivity contribution in [2.24, 2.45) is 0 Å². The third-order valence-electron chi connectivity index (χ3n) is 12.2. The highest BCUT2D eigenvalue weighted by molar-refractivity contribution is 6.11. The second-order valence-electron chi connectivity index (χ2n) is 15.9. The van der Waals surface area contributed by atoms with Crippen LogP contribution in [0, 0.1) is 6.92 Å². The smallest absolute Gasteiger partial charge is 0.0541 e. The predicted molar refractivity (Wildman–Crippen MR) is 238 cm³/mol. The molecule has 0 aliphatic heterocycles.